The van der Waals surface area contributed by atoms with Gasteiger partial charge in [-0.1, -0.05) is 0 Å². The monoisotopic (exact) mass is 294 g/mol. The van der Waals surface area contributed by atoms with Gasteiger partial charge in [0.15, 0.2) is 0 Å². The van der Waals surface area contributed by atoms with E-state index < -0.39 is 0 Å². The Balaban J connectivity index is 1.96. The van der Waals surface area contributed by atoms with Crippen LogP contribution >= 0.6 is 0 Å². The number of aromatic nitrogens is 2. The molecule has 0 radical (unpaired) electrons. The number of likely N-dealkylation sites (tertiary alicyclic amines) is 1. The zero-order valence-electron chi connectivity index (χ0n) is 12.3. The summed E-state index contributed by atoms with van der Waals surface area (Å²) in [6.45, 7) is 3.08. The molecule has 116 valence electrons. The van der Waals surface area contributed by atoms with Gasteiger partial charge >= 0.3 is 0 Å². The number of H-pyrrole nitrogens is 1. The standard InChI is InChI=1S/C14H22N4O3/c1-11-15-8-12(16-11)9-18(6-7-19)14(21)10-17-5-3-2-4-13(17)20/h8,19H,2-7,9-10H2,1H3,(H,15,16). The number of rotatable bonds is 6. The summed E-state index contributed by atoms with van der Waals surface area (Å²) in [6.07, 6.45) is 4.04. The predicted octanol–water partition coefficient (Wildman–Crippen LogP) is 0.0515. The van der Waals surface area contributed by atoms with Crippen LogP contribution in [0.4, 0.5) is 0 Å². The van der Waals surface area contributed by atoms with Crippen molar-refractivity contribution in [2.45, 2.75) is 32.7 Å². The lowest BCUT2D eigenvalue weighted by atomic mass is 10.1. The fourth-order valence-electron chi connectivity index (χ4n) is 2.46. The molecule has 2 rings (SSSR count). The highest BCUT2D eigenvalue weighted by Gasteiger charge is 2.23. The number of hydrogen-bond acceptors (Lipinski definition) is 4. The molecule has 0 atom stereocenters. The highest BCUT2D eigenvalue weighted by atomic mass is 16.3. The lowest BCUT2D eigenvalue weighted by Gasteiger charge is -2.29. The van der Waals surface area contributed by atoms with Gasteiger partial charge in [-0.05, 0) is 19.8 Å². The summed E-state index contributed by atoms with van der Waals surface area (Å²) in [5.74, 6) is 0.676. The van der Waals surface area contributed by atoms with Crippen LogP contribution in [0.5, 0.6) is 0 Å². The largest absolute Gasteiger partial charge is 0.395 e. The first-order valence-corrected chi connectivity index (χ1v) is 7.27. The van der Waals surface area contributed by atoms with Crippen LogP contribution in [-0.2, 0) is 16.1 Å². The normalized spacial score (nSPS) is 15.3. The third kappa shape index (κ3) is 4.29. The number of nitrogens with zero attached hydrogens (tertiary/aromatic N) is 3. The van der Waals surface area contributed by atoms with E-state index in [1.54, 1.807) is 16.0 Å². The van der Waals surface area contributed by atoms with Crippen LogP contribution in [-0.4, -0.2) is 62.9 Å². The number of imidazole rings is 1. The Kier molecular flexibility index (Phi) is 5.32. The fraction of sp³-hybridized carbons (Fsp3) is 0.643. The third-order valence-electron chi connectivity index (χ3n) is 3.59. The first kappa shape index (κ1) is 15.5. The number of piperidine rings is 1. The van der Waals surface area contributed by atoms with E-state index in [9.17, 15) is 9.59 Å². The Bertz CT molecular complexity index is 500. The molecule has 0 saturated carbocycles. The molecule has 0 aliphatic carbocycles. The molecule has 2 amide bonds. The zero-order valence-corrected chi connectivity index (χ0v) is 12.3. The van der Waals surface area contributed by atoms with Crippen molar-refractivity contribution in [1.82, 2.24) is 19.8 Å². The van der Waals surface area contributed by atoms with Crippen LogP contribution in [0.25, 0.3) is 0 Å². The van der Waals surface area contributed by atoms with Gasteiger partial charge in [-0.15, -0.1) is 0 Å². The lowest BCUT2D eigenvalue weighted by Crippen LogP contribution is -2.45. The highest BCUT2D eigenvalue weighted by molar-refractivity contribution is 5.85. The number of amides is 2. The van der Waals surface area contributed by atoms with Crippen molar-refractivity contribution in [2.24, 2.45) is 0 Å². The van der Waals surface area contributed by atoms with Crippen molar-refractivity contribution >= 4 is 11.8 Å². The summed E-state index contributed by atoms with van der Waals surface area (Å²) in [7, 11) is 0. The minimum Gasteiger partial charge on any atom is -0.395 e. The zero-order chi connectivity index (χ0) is 15.2. The minimum absolute atomic E-state index is 0.0379. The maximum Gasteiger partial charge on any atom is 0.242 e. The number of carbonyl (C=O) groups excluding carboxylic acids is 2. The van der Waals surface area contributed by atoms with Crippen LogP contribution < -0.4 is 0 Å². The molecule has 21 heavy (non-hydrogen) atoms. The summed E-state index contributed by atoms with van der Waals surface area (Å²) in [4.78, 5) is 34.4. The summed E-state index contributed by atoms with van der Waals surface area (Å²) < 4.78 is 0. The third-order valence-corrected chi connectivity index (χ3v) is 3.59. The Hall–Kier alpha value is -1.89. The molecule has 1 aromatic heterocycles. The Labute approximate surface area is 124 Å². The maximum atomic E-state index is 12.3. The average molecular weight is 294 g/mol. The molecule has 0 aromatic carbocycles. The number of nitrogens with one attached hydrogen (secondary N) is 1. The van der Waals surface area contributed by atoms with E-state index in [0.29, 0.717) is 19.5 Å². The molecule has 7 heteroatoms. The lowest BCUT2D eigenvalue weighted by molar-refractivity contribution is -0.142. The number of aliphatic hydroxyl groups is 1. The van der Waals surface area contributed by atoms with Crippen molar-refractivity contribution in [3.05, 3.63) is 17.7 Å². The van der Waals surface area contributed by atoms with Gasteiger partial charge in [0.25, 0.3) is 0 Å². The summed E-state index contributed by atoms with van der Waals surface area (Å²) in [5, 5.41) is 9.13. The number of aromatic amines is 1. The topological polar surface area (TPSA) is 89.5 Å². The molecule has 7 nitrogen and oxygen atoms in total. The molecule has 1 fully saturated rings. The molecule has 2 heterocycles. The van der Waals surface area contributed by atoms with Gasteiger partial charge in [0.05, 0.1) is 31.6 Å². The number of aliphatic hydroxyl groups excluding tert-OH is 1. The van der Waals surface area contributed by atoms with E-state index in [2.05, 4.69) is 9.97 Å². The van der Waals surface area contributed by atoms with E-state index in [4.69, 9.17) is 5.11 Å². The van der Waals surface area contributed by atoms with Crippen molar-refractivity contribution in [2.75, 3.05) is 26.2 Å². The quantitative estimate of drug-likeness (QED) is 0.776. The average Bonchev–Trinajstić information content (AvgIpc) is 2.86. The molecule has 2 N–H and O–H groups in total. The van der Waals surface area contributed by atoms with Gasteiger partial charge in [0.2, 0.25) is 11.8 Å². The molecule has 1 aromatic rings. The van der Waals surface area contributed by atoms with E-state index >= 15 is 0 Å². The van der Waals surface area contributed by atoms with E-state index in [1.807, 2.05) is 6.92 Å². The van der Waals surface area contributed by atoms with Gasteiger partial charge in [0, 0.05) is 19.5 Å². The van der Waals surface area contributed by atoms with Gasteiger partial charge in [0.1, 0.15) is 5.82 Å². The number of hydrogen-bond donors (Lipinski definition) is 2. The van der Waals surface area contributed by atoms with Crippen molar-refractivity contribution in [3.63, 3.8) is 0 Å². The molecule has 1 aliphatic heterocycles. The molecule has 1 aliphatic rings. The van der Waals surface area contributed by atoms with Crippen molar-refractivity contribution in [3.8, 4) is 0 Å². The second-order valence-corrected chi connectivity index (χ2v) is 5.31. The smallest absolute Gasteiger partial charge is 0.242 e. The first-order chi connectivity index (χ1) is 10.1. The molecular weight excluding hydrogens is 272 g/mol. The van der Waals surface area contributed by atoms with Crippen LogP contribution in [0.3, 0.4) is 0 Å². The fourth-order valence-corrected chi connectivity index (χ4v) is 2.46. The van der Waals surface area contributed by atoms with Gasteiger partial charge in [-0.3, -0.25) is 9.59 Å². The van der Waals surface area contributed by atoms with E-state index in [1.165, 1.54) is 0 Å². The first-order valence-electron chi connectivity index (χ1n) is 7.27. The second-order valence-electron chi connectivity index (χ2n) is 5.31. The second kappa shape index (κ2) is 7.21. The highest BCUT2D eigenvalue weighted by Crippen LogP contribution is 2.11. The molecule has 1 saturated heterocycles. The summed E-state index contributed by atoms with van der Waals surface area (Å²) in [5.41, 5.74) is 0.819. The van der Waals surface area contributed by atoms with Crippen molar-refractivity contribution in [1.29, 1.82) is 0 Å². The maximum absolute atomic E-state index is 12.3. The number of aryl methyl sites for hydroxylation is 1. The predicted molar refractivity (Wildman–Crippen MR) is 76.3 cm³/mol. The van der Waals surface area contributed by atoms with Crippen LogP contribution in [0, 0.1) is 6.92 Å². The van der Waals surface area contributed by atoms with E-state index in [-0.39, 0.29) is 31.5 Å². The van der Waals surface area contributed by atoms with Crippen LogP contribution in [0.15, 0.2) is 6.20 Å². The molecule has 0 bridgehead atoms. The summed E-state index contributed by atoms with van der Waals surface area (Å²) in [6, 6.07) is 0. The van der Waals surface area contributed by atoms with E-state index in [0.717, 1.165) is 24.4 Å². The molecular formula is C14H22N4O3. The van der Waals surface area contributed by atoms with Gasteiger partial charge in [-0.2, -0.15) is 0 Å². The number of carbonyl (C=O) groups is 2. The summed E-state index contributed by atoms with van der Waals surface area (Å²) >= 11 is 0. The Morgan fingerprint density at radius 1 is 1.52 bits per heavy atom. The van der Waals surface area contributed by atoms with Gasteiger partial charge in [-0.25, -0.2) is 4.98 Å². The van der Waals surface area contributed by atoms with Crippen molar-refractivity contribution < 1.29 is 14.7 Å². The van der Waals surface area contributed by atoms with Crippen LogP contribution in [0.2, 0.25) is 0 Å². The Morgan fingerprint density at radius 3 is 2.95 bits per heavy atom. The van der Waals surface area contributed by atoms with Crippen LogP contribution in [0.1, 0.15) is 30.8 Å². The molecule has 0 spiro atoms. The molecule has 0 unspecified atom stereocenters. The minimum atomic E-state index is -0.147. The van der Waals surface area contributed by atoms with Gasteiger partial charge < -0.3 is 19.9 Å². The SMILES string of the molecule is Cc1ncc(CN(CCO)C(=O)CN2CCCCC2=O)[nH]1. The Morgan fingerprint density at radius 2 is 2.33 bits per heavy atom.